The Kier molecular flexibility index (Phi) is 5.17. The lowest BCUT2D eigenvalue weighted by Gasteiger charge is -2.26. The highest BCUT2D eigenvalue weighted by Crippen LogP contribution is 2.24. The minimum absolute atomic E-state index is 0.00348. The van der Waals surface area contributed by atoms with E-state index in [1.165, 1.54) is 12.1 Å². The third-order valence-electron chi connectivity index (χ3n) is 4.42. The van der Waals surface area contributed by atoms with Crippen LogP contribution in [0.1, 0.15) is 36.0 Å². The quantitative estimate of drug-likeness (QED) is 0.875. The van der Waals surface area contributed by atoms with Crippen molar-refractivity contribution in [2.75, 3.05) is 0 Å². The molecular formula is C19H19ClFNO2. The SMILES string of the molecule is O=C(NC1CCC(O)CC1)c1ccc(-c2ccc(Cl)cc2)cc1F. The van der Waals surface area contributed by atoms with E-state index in [9.17, 15) is 14.3 Å². The summed E-state index contributed by atoms with van der Waals surface area (Å²) in [5.41, 5.74) is 1.58. The Hall–Kier alpha value is -1.91. The summed E-state index contributed by atoms with van der Waals surface area (Å²) in [7, 11) is 0. The standard InChI is InChI=1S/C19H19ClFNO2/c20-14-4-1-12(2-5-14)13-3-10-17(18(21)11-13)19(24)22-15-6-8-16(23)9-7-15/h1-5,10-11,15-16,23H,6-9H2,(H,22,24). The van der Waals surface area contributed by atoms with Crippen LogP contribution in [-0.2, 0) is 0 Å². The van der Waals surface area contributed by atoms with Crippen LogP contribution in [0.4, 0.5) is 4.39 Å². The molecule has 3 rings (SSSR count). The van der Waals surface area contributed by atoms with Crippen molar-refractivity contribution in [2.24, 2.45) is 0 Å². The van der Waals surface area contributed by atoms with Crippen molar-refractivity contribution in [1.82, 2.24) is 5.32 Å². The Morgan fingerprint density at radius 1 is 1.04 bits per heavy atom. The van der Waals surface area contributed by atoms with Crippen LogP contribution in [0.5, 0.6) is 0 Å². The highest BCUT2D eigenvalue weighted by atomic mass is 35.5. The smallest absolute Gasteiger partial charge is 0.254 e. The fourth-order valence-electron chi connectivity index (χ4n) is 3.00. The average Bonchev–Trinajstić information content (AvgIpc) is 2.57. The molecular weight excluding hydrogens is 329 g/mol. The minimum Gasteiger partial charge on any atom is -0.393 e. The summed E-state index contributed by atoms with van der Waals surface area (Å²) in [6.45, 7) is 0. The maximum atomic E-state index is 14.4. The summed E-state index contributed by atoms with van der Waals surface area (Å²) in [6, 6.07) is 11.7. The van der Waals surface area contributed by atoms with E-state index < -0.39 is 11.7 Å². The third-order valence-corrected chi connectivity index (χ3v) is 4.68. The van der Waals surface area contributed by atoms with Gasteiger partial charge in [0.15, 0.2) is 0 Å². The molecule has 0 unspecified atom stereocenters. The van der Waals surface area contributed by atoms with Crippen LogP contribution in [0.25, 0.3) is 11.1 Å². The van der Waals surface area contributed by atoms with Gasteiger partial charge in [0, 0.05) is 11.1 Å². The van der Waals surface area contributed by atoms with Crippen LogP contribution >= 0.6 is 11.6 Å². The van der Waals surface area contributed by atoms with Crippen LogP contribution in [0.2, 0.25) is 5.02 Å². The molecule has 0 atom stereocenters. The second-order valence-electron chi connectivity index (χ2n) is 6.18. The van der Waals surface area contributed by atoms with Gasteiger partial charge in [0.05, 0.1) is 11.7 Å². The summed E-state index contributed by atoms with van der Waals surface area (Å²) in [4.78, 5) is 12.3. The van der Waals surface area contributed by atoms with Crippen molar-refractivity contribution in [3.05, 3.63) is 58.9 Å². The van der Waals surface area contributed by atoms with E-state index in [2.05, 4.69) is 5.32 Å². The Morgan fingerprint density at radius 2 is 1.67 bits per heavy atom. The Labute approximate surface area is 145 Å². The maximum absolute atomic E-state index is 14.4. The third kappa shape index (κ3) is 3.94. The van der Waals surface area contributed by atoms with E-state index in [4.69, 9.17) is 11.6 Å². The number of carbonyl (C=O) groups excluding carboxylic acids is 1. The van der Waals surface area contributed by atoms with Gasteiger partial charge in [-0.05, 0) is 61.1 Å². The first-order valence-corrected chi connectivity index (χ1v) is 8.45. The lowest BCUT2D eigenvalue weighted by Crippen LogP contribution is -2.38. The molecule has 1 amide bonds. The average molecular weight is 348 g/mol. The van der Waals surface area contributed by atoms with Crippen LogP contribution in [0, 0.1) is 5.82 Å². The van der Waals surface area contributed by atoms with Crippen molar-refractivity contribution in [3.63, 3.8) is 0 Å². The zero-order chi connectivity index (χ0) is 17.1. The number of aliphatic hydroxyl groups excluding tert-OH is 1. The predicted octanol–water partition coefficient (Wildman–Crippen LogP) is 4.18. The molecule has 2 aromatic carbocycles. The number of amides is 1. The monoisotopic (exact) mass is 347 g/mol. The van der Waals surface area contributed by atoms with Crippen molar-refractivity contribution in [2.45, 2.75) is 37.8 Å². The molecule has 0 spiro atoms. The molecule has 24 heavy (non-hydrogen) atoms. The molecule has 0 aromatic heterocycles. The van der Waals surface area contributed by atoms with Crippen LogP contribution in [-0.4, -0.2) is 23.2 Å². The number of carbonyl (C=O) groups is 1. The van der Waals surface area contributed by atoms with Crippen molar-refractivity contribution in [3.8, 4) is 11.1 Å². The van der Waals surface area contributed by atoms with E-state index in [1.807, 2.05) is 12.1 Å². The molecule has 0 bridgehead atoms. The first kappa shape index (κ1) is 16.9. The van der Waals surface area contributed by atoms with Crippen LogP contribution in [0.15, 0.2) is 42.5 Å². The van der Waals surface area contributed by atoms with Crippen molar-refractivity contribution >= 4 is 17.5 Å². The van der Waals surface area contributed by atoms with Gasteiger partial charge < -0.3 is 10.4 Å². The first-order valence-electron chi connectivity index (χ1n) is 8.07. The Balaban J connectivity index is 1.72. The number of benzene rings is 2. The molecule has 1 fully saturated rings. The summed E-state index contributed by atoms with van der Waals surface area (Å²) in [5, 5.41) is 13.0. The molecule has 1 aliphatic rings. The van der Waals surface area contributed by atoms with Crippen LogP contribution in [0.3, 0.4) is 0 Å². The number of rotatable bonds is 3. The van der Waals surface area contributed by atoms with E-state index in [0.29, 0.717) is 23.4 Å². The molecule has 0 aliphatic heterocycles. The van der Waals surface area contributed by atoms with E-state index in [-0.39, 0.29) is 17.7 Å². The molecule has 0 radical (unpaired) electrons. The van der Waals surface area contributed by atoms with Gasteiger partial charge in [0.2, 0.25) is 0 Å². The van der Waals surface area contributed by atoms with Gasteiger partial charge in [0.25, 0.3) is 5.91 Å². The van der Waals surface area contributed by atoms with Gasteiger partial charge in [-0.25, -0.2) is 4.39 Å². The zero-order valence-corrected chi connectivity index (χ0v) is 13.9. The molecule has 0 saturated heterocycles. The highest BCUT2D eigenvalue weighted by molar-refractivity contribution is 6.30. The molecule has 126 valence electrons. The zero-order valence-electron chi connectivity index (χ0n) is 13.1. The first-order chi connectivity index (χ1) is 11.5. The second-order valence-corrected chi connectivity index (χ2v) is 6.62. The van der Waals surface area contributed by atoms with Crippen LogP contribution < -0.4 is 5.32 Å². The predicted molar refractivity (Wildman–Crippen MR) is 92.6 cm³/mol. The molecule has 5 heteroatoms. The summed E-state index contributed by atoms with van der Waals surface area (Å²) in [6.07, 6.45) is 2.49. The molecule has 1 saturated carbocycles. The fourth-order valence-corrected chi connectivity index (χ4v) is 3.13. The Bertz CT molecular complexity index is 725. The lowest BCUT2D eigenvalue weighted by atomic mass is 9.93. The number of nitrogens with one attached hydrogen (secondary N) is 1. The van der Waals surface area contributed by atoms with Gasteiger partial charge in [-0.15, -0.1) is 0 Å². The second kappa shape index (κ2) is 7.32. The maximum Gasteiger partial charge on any atom is 0.254 e. The van der Waals surface area contributed by atoms with E-state index in [1.54, 1.807) is 18.2 Å². The number of hydrogen-bond acceptors (Lipinski definition) is 2. The summed E-state index contributed by atoms with van der Waals surface area (Å²) < 4.78 is 14.4. The van der Waals surface area contributed by atoms with Gasteiger partial charge in [-0.2, -0.15) is 0 Å². The van der Waals surface area contributed by atoms with Gasteiger partial charge >= 0.3 is 0 Å². The normalized spacial score (nSPS) is 20.6. The fraction of sp³-hybridized carbons (Fsp3) is 0.316. The largest absolute Gasteiger partial charge is 0.393 e. The number of halogens is 2. The van der Waals surface area contributed by atoms with Gasteiger partial charge in [-0.1, -0.05) is 29.8 Å². The van der Waals surface area contributed by atoms with E-state index in [0.717, 1.165) is 18.4 Å². The lowest BCUT2D eigenvalue weighted by molar-refractivity contribution is 0.0864. The molecule has 3 nitrogen and oxygen atoms in total. The van der Waals surface area contributed by atoms with Gasteiger partial charge in [0.1, 0.15) is 5.82 Å². The van der Waals surface area contributed by atoms with Crippen molar-refractivity contribution < 1.29 is 14.3 Å². The molecule has 2 aromatic rings. The molecule has 1 aliphatic carbocycles. The van der Waals surface area contributed by atoms with Crippen molar-refractivity contribution in [1.29, 1.82) is 0 Å². The minimum atomic E-state index is -0.546. The Morgan fingerprint density at radius 3 is 2.29 bits per heavy atom. The summed E-state index contributed by atoms with van der Waals surface area (Å²) in [5.74, 6) is -0.952. The van der Waals surface area contributed by atoms with E-state index >= 15 is 0 Å². The molecule has 2 N–H and O–H groups in total. The number of hydrogen-bond donors (Lipinski definition) is 2. The van der Waals surface area contributed by atoms with Gasteiger partial charge in [-0.3, -0.25) is 4.79 Å². The highest BCUT2D eigenvalue weighted by Gasteiger charge is 2.22. The molecule has 0 heterocycles. The summed E-state index contributed by atoms with van der Waals surface area (Å²) >= 11 is 5.86. The number of aliphatic hydroxyl groups is 1. The topological polar surface area (TPSA) is 49.3 Å².